The molecular weight excluding hydrogens is 492 g/mol. The molecule has 3 aromatic carbocycles. The average molecular weight is 519 g/mol. The third-order valence-electron chi connectivity index (χ3n) is 5.07. The van der Waals surface area contributed by atoms with E-state index in [4.69, 9.17) is 25.8 Å². The molecule has 35 heavy (non-hydrogen) atoms. The Morgan fingerprint density at radius 2 is 1.69 bits per heavy atom. The van der Waals surface area contributed by atoms with Gasteiger partial charge in [-0.05, 0) is 43.3 Å². The van der Waals surface area contributed by atoms with Crippen LogP contribution >= 0.6 is 11.6 Å². The highest BCUT2D eigenvalue weighted by Gasteiger charge is 2.30. The van der Waals surface area contributed by atoms with Crippen LogP contribution in [0.15, 0.2) is 71.6 Å². The Bertz CT molecular complexity index is 1270. The first kappa shape index (κ1) is 26.2. The molecule has 0 aliphatic rings. The zero-order chi connectivity index (χ0) is 25.4. The molecule has 0 spiro atoms. The minimum absolute atomic E-state index is 0.0443. The first-order valence-electron chi connectivity index (χ1n) is 10.7. The number of carbonyl (C=O) groups is 1. The molecule has 0 aliphatic carbocycles. The minimum atomic E-state index is -4.11. The molecule has 0 radical (unpaired) electrons. The Hall–Kier alpha value is -3.43. The van der Waals surface area contributed by atoms with E-state index >= 15 is 0 Å². The van der Waals surface area contributed by atoms with Crippen molar-refractivity contribution in [3.63, 3.8) is 0 Å². The SMILES string of the molecule is COc1ccc(OC)c(N(CC(=O)NCCOc2ccccc2Cl)S(=O)(=O)c2ccc(C)cc2)c1. The Morgan fingerprint density at radius 3 is 2.34 bits per heavy atom. The van der Waals surface area contributed by atoms with E-state index < -0.39 is 22.5 Å². The number of rotatable bonds is 11. The molecule has 0 atom stereocenters. The molecular formula is C25H27ClN2O6S. The molecule has 0 heterocycles. The number of para-hydroxylation sites is 1. The van der Waals surface area contributed by atoms with Crippen molar-refractivity contribution in [3.8, 4) is 17.2 Å². The molecule has 10 heteroatoms. The van der Waals surface area contributed by atoms with Gasteiger partial charge in [-0.25, -0.2) is 8.42 Å². The second-order valence-electron chi connectivity index (χ2n) is 7.49. The van der Waals surface area contributed by atoms with Crippen LogP contribution in [0.4, 0.5) is 5.69 Å². The summed E-state index contributed by atoms with van der Waals surface area (Å²) in [6.45, 7) is 1.68. The summed E-state index contributed by atoms with van der Waals surface area (Å²) in [7, 11) is -1.22. The normalized spacial score (nSPS) is 11.0. The maximum atomic E-state index is 13.6. The van der Waals surface area contributed by atoms with Crippen LogP contribution in [0.5, 0.6) is 17.2 Å². The van der Waals surface area contributed by atoms with Crippen molar-refractivity contribution in [2.75, 3.05) is 38.2 Å². The fraction of sp³-hybridized carbons (Fsp3) is 0.240. The van der Waals surface area contributed by atoms with Crippen molar-refractivity contribution < 1.29 is 27.4 Å². The van der Waals surface area contributed by atoms with Gasteiger partial charge in [-0.15, -0.1) is 0 Å². The number of amides is 1. The number of halogens is 1. The van der Waals surface area contributed by atoms with Crippen LogP contribution < -0.4 is 23.8 Å². The summed E-state index contributed by atoms with van der Waals surface area (Å²) in [5.74, 6) is 0.663. The summed E-state index contributed by atoms with van der Waals surface area (Å²) in [6.07, 6.45) is 0. The van der Waals surface area contributed by atoms with Crippen LogP contribution in [0.1, 0.15) is 5.56 Å². The maximum Gasteiger partial charge on any atom is 0.264 e. The molecule has 0 aromatic heterocycles. The lowest BCUT2D eigenvalue weighted by molar-refractivity contribution is -0.119. The molecule has 0 aliphatic heterocycles. The lowest BCUT2D eigenvalue weighted by atomic mass is 10.2. The van der Waals surface area contributed by atoms with Crippen molar-refractivity contribution in [2.24, 2.45) is 0 Å². The maximum absolute atomic E-state index is 13.6. The van der Waals surface area contributed by atoms with Crippen molar-refractivity contribution in [3.05, 3.63) is 77.3 Å². The van der Waals surface area contributed by atoms with Gasteiger partial charge in [0.15, 0.2) is 0 Å². The van der Waals surface area contributed by atoms with Crippen molar-refractivity contribution in [1.82, 2.24) is 5.32 Å². The third-order valence-corrected chi connectivity index (χ3v) is 7.16. The molecule has 0 fully saturated rings. The molecule has 8 nitrogen and oxygen atoms in total. The van der Waals surface area contributed by atoms with Gasteiger partial charge in [0, 0.05) is 6.07 Å². The minimum Gasteiger partial charge on any atom is -0.497 e. The lowest BCUT2D eigenvalue weighted by Crippen LogP contribution is -2.42. The van der Waals surface area contributed by atoms with Gasteiger partial charge in [0.1, 0.15) is 30.4 Å². The molecule has 0 unspecified atom stereocenters. The van der Waals surface area contributed by atoms with Gasteiger partial charge in [0.25, 0.3) is 10.0 Å². The Kier molecular flexibility index (Phi) is 8.84. The number of nitrogens with zero attached hydrogens (tertiary/aromatic N) is 1. The second-order valence-corrected chi connectivity index (χ2v) is 9.76. The van der Waals surface area contributed by atoms with E-state index in [1.807, 2.05) is 6.92 Å². The van der Waals surface area contributed by atoms with Gasteiger partial charge in [0.2, 0.25) is 5.91 Å². The van der Waals surface area contributed by atoms with Gasteiger partial charge >= 0.3 is 0 Å². The number of aryl methyl sites for hydroxylation is 1. The summed E-state index contributed by atoms with van der Waals surface area (Å²) in [5, 5.41) is 3.14. The topological polar surface area (TPSA) is 94.2 Å². The highest BCUT2D eigenvalue weighted by molar-refractivity contribution is 7.92. The molecule has 1 N–H and O–H groups in total. The van der Waals surface area contributed by atoms with Crippen LogP contribution in [-0.4, -0.2) is 48.2 Å². The number of hydrogen-bond donors (Lipinski definition) is 1. The Morgan fingerprint density at radius 1 is 0.971 bits per heavy atom. The second kappa shape index (κ2) is 11.8. The highest BCUT2D eigenvalue weighted by atomic mass is 35.5. The zero-order valence-corrected chi connectivity index (χ0v) is 21.2. The monoisotopic (exact) mass is 518 g/mol. The largest absolute Gasteiger partial charge is 0.497 e. The summed E-state index contributed by atoms with van der Waals surface area (Å²) >= 11 is 6.07. The summed E-state index contributed by atoms with van der Waals surface area (Å²) in [4.78, 5) is 12.9. The number of anilines is 1. The van der Waals surface area contributed by atoms with E-state index in [0.717, 1.165) is 9.87 Å². The number of hydrogen-bond acceptors (Lipinski definition) is 6. The molecule has 186 valence electrons. The van der Waals surface area contributed by atoms with Gasteiger partial charge < -0.3 is 19.5 Å². The van der Waals surface area contributed by atoms with Crippen molar-refractivity contribution in [1.29, 1.82) is 0 Å². The Labute approximate surface area is 210 Å². The zero-order valence-electron chi connectivity index (χ0n) is 19.7. The van der Waals surface area contributed by atoms with Crippen molar-refractivity contribution >= 4 is 33.2 Å². The number of nitrogens with one attached hydrogen (secondary N) is 1. The third kappa shape index (κ3) is 6.58. The smallest absolute Gasteiger partial charge is 0.264 e. The molecule has 0 bridgehead atoms. The van der Waals surface area contributed by atoms with E-state index in [1.165, 1.54) is 32.4 Å². The fourth-order valence-electron chi connectivity index (χ4n) is 3.23. The van der Waals surface area contributed by atoms with Crippen LogP contribution in [0.25, 0.3) is 0 Å². The number of sulfonamides is 1. The highest BCUT2D eigenvalue weighted by Crippen LogP contribution is 2.35. The average Bonchev–Trinajstić information content (AvgIpc) is 2.86. The van der Waals surface area contributed by atoms with Crippen LogP contribution in [0.3, 0.4) is 0 Å². The quantitative estimate of drug-likeness (QED) is 0.385. The van der Waals surface area contributed by atoms with Gasteiger partial charge in [-0.1, -0.05) is 41.4 Å². The van der Waals surface area contributed by atoms with Crippen LogP contribution in [0, 0.1) is 6.92 Å². The first-order chi connectivity index (χ1) is 16.8. The lowest BCUT2D eigenvalue weighted by Gasteiger charge is -2.26. The molecule has 0 saturated heterocycles. The first-order valence-corrected chi connectivity index (χ1v) is 12.5. The standard InChI is InChI=1S/C25H27ClN2O6S/c1-18-8-11-20(12-9-18)35(30,31)28(22-16-19(32-2)10-13-24(22)33-3)17-25(29)27-14-15-34-23-7-5-4-6-21(23)26/h4-13,16H,14-15,17H2,1-3H3,(H,27,29). The fourth-order valence-corrected chi connectivity index (χ4v) is 4.84. The van der Waals surface area contributed by atoms with Gasteiger partial charge in [0.05, 0.1) is 36.4 Å². The van der Waals surface area contributed by atoms with Crippen molar-refractivity contribution in [2.45, 2.75) is 11.8 Å². The van der Waals surface area contributed by atoms with E-state index in [9.17, 15) is 13.2 Å². The van der Waals surface area contributed by atoms with Gasteiger partial charge in [-0.3, -0.25) is 9.10 Å². The van der Waals surface area contributed by atoms with E-state index in [0.29, 0.717) is 16.5 Å². The summed E-state index contributed by atoms with van der Waals surface area (Å²) in [6, 6.07) is 18.1. The molecule has 0 saturated carbocycles. The Balaban J connectivity index is 1.83. The van der Waals surface area contributed by atoms with Crippen LogP contribution in [-0.2, 0) is 14.8 Å². The predicted molar refractivity (Wildman–Crippen MR) is 135 cm³/mol. The predicted octanol–water partition coefficient (Wildman–Crippen LogP) is 4.06. The van der Waals surface area contributed by atoms with E-state index in [2.05, 4.69) is 5.32 Å². The summed E-state index contributed by atoms with van der Waals surface area (Å²) in [5.41, 5.74) is 1.08. The molecule has 1 amide bonds. The molecule has 3 rings (SSSR count). The van der Waals surface area contributed by atoms with E-state index in [-0.39, 0.29) is 29.5 Å². The van der Waals surface area contributed by atoms with Crippen LogP contribution in [0.2, 0.25) is 5.02 Å². The molecule has 3 aromatic rings. The van der Waals surface area contributed by atoms with Gasteiger partial charge in [-0.2, -0.15) is 0 Å². The number of carbonyl (C=O) groups excluding carboxylic acids is 1. The number of benzene rings is 3. The summed E-state index contributed by atoms with van der Waals surface area (Å²) < 4.78 is 44.5. The van der Waals surface area contributed by atoms with E-state index in [1.54, 1.807) is 48.5 Å². The number of methoxy groups -OCH3 is 2. The number of ether oxygens (including phenoxy) is 3.